The Morgan fingerprint density at radius 3 is 2.68 bits per heavy atom. The van der Waals surface area contributed by atoms with Gasteiger partial charge in [-0.3, -0.25) is 9.59 Å². The molecule has 2 fully saturated rings. The molecule has 0 radical (unpaired) electrons. The highest BCUT2D eigenvalue weighted by Crippen LogP contribution is 2.37. The molecule has 7 heteroatoms. The highest BCUT2D eigenvalue weighted by molar-refractivity contribution is 5.89. The van der Waals surface area contributed by atoms with Gasteiger partial charge in [0.25, 0.3) is 0 Å². The van der Waals surface area contributed by atoms with Crippen LogP contribution in [0, 0.1) is 11.6 Å². The molecule has 2 heterocycles. The summed E-state index contributed by atoms with van der Waals surface area (Å²) < 4.78 is 33.1. The van der Waals surface area contributed by atoms with Crippen LogP contribution in [-0.2, 0) is 19.7 Å². The molecular weight excluding hydrogens is 330 g/mol. The molecule has 5 nitrogen and oxygen atoms in total. The maximum Gasteiger partial charge on any atom is 0.231 e. The van der Waals surface area contributed by atoms with E-state index in [1.165, 1.54) is 12.1 Å². The predicted octanol–water partition coefficient (Wildman–Crippen LogP) is 1.80. The molecule has 2 unspecified atom stereocenters. The molecule has 0 bridgehead atoms. The summed E-state index contributed by atoms with van der Waals surface area (Å²) >= 11 is 0. The fourth-order valence-electron chi connectivity index (χ4n) is 3.68. The highest BCUT2D eigenvalue weighted by atomic mass is 19.1. The number of amides is 2. The van der Waals surface area contributed by atoms with Crippen LogP contribution < -0.4 is 10.6 Å². The van der Waals surface area contributed by atoms with Crippen molar-refractivity contribution >= 4 is 11.8 Å². The fraction of sp³-hybridized carbons (Fsp3) is 0.556. The third-order valence-electron chi connectivity index (χ3n) is 5.22. The highest BCUT2D eigenvalue weighted by Gasteiger charge is 2.44. The zero-order chi connectivity index (χ0) is 18.0. The van der Waals surface area contributed by atoms with Crippen LogP contribution in [0.3, 0.4) is 0 Å². The number of piperidine rings is 1. The molecule has 2 N–H and O–H groups in total. The lowest BCUT2D eigenvalue weighted by molar-refractivity contribution is -0.133. The maximum absolute atomic E-state index is 14.4. The molecule has 3 rings (SSSR count). The van der Waals surface area contributed by atoms with Gasteiger partial charge in [0.1, 0.15) is 11.6 Å². The van der Waals surface area contributed by atoms with Crippen molar-refractivity contribution < 1.29 is 23.1 Å². The van der Waals surface area contributed by atoms with Crippen molar-refractivity contribution in [2.45, 2.75) is 50.1 Å². The Kier molecular flexibility index (Phi) is 5.03. The number of ether oxygens (including phenoxy) is 1. The second-order valence-electron chi connectivity index (χ2n) is 6.79. The minimum absolute atomic E-state index is 0.0386. The lowest BCUT2D eigenvalue weighted by Gasteiger charge is -2.39. The minimum Gasteiger partial charge on any atom is -0.381 e. The van der Waals surface area contributed by atoms with E-state index in [9.17, 15) is 18.4 Å². The number of carbonyl (C=O) groups is 2. The van der Waals surface area contributed by atoms with E-state index in [1.54, 1.807) is 0 Å². The number of hydrogen-bond donors (Lipinski definition) is 2. The molecule has 0 aromatic heterocycles. The Bertz CT molecular complexity index is 674. The lowest BCUT2D eigenvalue weighted by atomic mass is 9.72. The van der Waals surface area contributed by atoms with Crippen molar-refractivity contribution in [3.8, 4) is 0 Å². The van der Waals surface area contributed by atoms with Gasteiger partial charge >= 0.3 is 0 Å². The summed E-state index contributed by atoms with van der Waals surface area (Å²) in [6.45, 7) is 2.50. The Hall–Kier alpha value is -2.02. The quantitative estimate of drug-likeness (QED) is 0.872. The van der Waals surface area contributed by atoms with Crippen LogP contribution in [0.1, 0.15) is 38.2 Å². The van der Waals surface area contributed by atoms with E-state index in [0.717, 1.165) is 6.07 Å². The number of halogens is 2. The standard InChI is InChI=1S/C18H22F2N2O3/c1-11-15(4-5-16(23)21-11)22-17(24)18(6-8-25-9-7-18)13-3-2-12(19)10-14(13)20/h2-3,10-11,15H,4-9H2,1H3,(H,21,23)(H,22,24). The number of carbonyl (C=O) groups excluding carboxylic acids is 2. The SMILES string of the molecule is CC1NC(=O)CCC1NC(=O)C1(c2ccc(F)cc2F)CCOCC1. The third-order valence-corrected chi connectivity index (χ3v) is 5.22. The lowest BCUT2D eigenvalue weighted by Crippen LogP contribution is -2.58. The predicted molar refractivity (Wildman–Crippen MR) is 86.9 cm³/mol. The molecule has 1 aromatic rings. The summed E-state index contributed by atoms with van der Waals surface area (Å²) in [5.74, 6) is -1.73. The van der Waals surface area contributed by atoms with Gasteiger partial charge in [-0.2, -0.15) is 0 Å². The number of rotatable bonds is 3. The first-order valence-corrected chi connectivity index (χ1v) is 8.56. The van der Waals surface area contributed by atoms with Crippen LogP contribution in [0.25, 0.3) is 0 Å². The number of nitrogens with one attached hydrogen (secondary N) is 2. The largest absolute Gasteiger partial charge is 0.381 e. The monoisotopic (exact) mass is 352 g/mol. The molecule has 2 atom stereocenters. The van der Waals surface area contributed by atoms with Gasteiger partial charge in [-0.05, 0) is 32.3 Å². The van der Waals surface area contributed by atoms with Crippen LogP contribution in [0.5, 0.6) is 0 Å². The van der Waals surface area contributed by atoms with Crippen LogP contribution in [0.4, 0.5) is 8.78 Å². The first-order valence-electron chi connectivity index (χ1n) is 8.56. The Labute approximate surface area is 145 Å². The van der Waals surface area contributed by atoms with Crippen LogP contribution in [-0.4, -0.2) is 37.1 Å². The fourth-order valence-corrected chi connectivity index (χ4v) is 3.68. The summed E-state index contributed by atoms with van der Waals surface area (Å²) in [6, 6.07) is 2.92. The normalized spacial score (nSPS) is 26.0. The minimum atomic E-state index is -1.09. The summed E-state index contributed by atoms with van der Waals surface area (Å²) in [4.78, 5) is 24.6. The van der Waals surface area contributed by atoms with Gasteiger partial charge in [0, 0.05) is 43.3 Å². The van der Waals surface area contributed by atoms with Crippen molar-refractivity contribution in [2.24, 2.45) is 0 Å². The van der Waals surface area contributed by atoms with Crippen molar-refractivity contribution in [3.63, 3.8) is 0 Å². The van der Waals surface area contributed by atoms with Gasteiger partial charge in [0.2, 0.25) is 11.8 Å². The average molecular weight is 352 g/mol. The molecule has 25 heavy (non-hydrogen) atoms. The van der Waals surface area contributed by atoms with Crippen molar-refractivity contribution in [2.75, 3.05) is 13.2 Å². The average Bonchev–Trinajstić information content (AvgIpc) is 2.58. The number of benzene rings is 1. The van der Waals surface area contributed by atoms with Gasteiger partial charge in [0.05, 0.1) is 5.41 Å². The van der Waals surface area contributed by atoms with E-state index < -0.39 is 17.0 Å². The second-order valence-corrected chi connectivity index (χ2v) is 6.79. The molecule has 0 saturated carbocycles. The third kappa shape index (κ3) is 3.51. The molecule has 2 aliphatic heterocycles. The summed E-state index contributed by atoms with van der Waals surface area (Å²) in [7, 11) is 0. The smallest absolute Gasteiger partial charge is 0.231 e. The van der Waals surface area contributed by atoms with Crippen molar-refractivity contribution in [3.05, 3.63) is 35.4 Å². The Morgan fingerprint density at radius 1 is 1.32 bits per heavy atom. The summed E-state index contributed by atoms with van der Waals surface area (Å²) in [5.41, 5.74) is -0.890. The summed E-state index contributed by atoms with van der Waals surface area (Å²) in [5, 5.41) is 5.78. The Morgan fingerprint density at radius 2 is 2.04 bits per heavy atom. The van der Waals surface area contributed by atoms with Gasteiger partial charge < -0.3 is 15.4 Å². The van der Waals surface area contributed by atoms with E-state index in [4.69, 9.17) is 4.74 Å². The van der Waals surface area contributed by atoms with Crippen LogP contribution in [0.15, 0.2) is 18.2 Å². The molecule has 1 aromatic carbocycles. The van der Waals surface area contributed by atoms with Crippen molar-refractivity contribution in [1.29, 1.82) is 0 Å². The zero-order valence-corrected chi connectivity index (χ0v) is 14.1. The zero-order valence-electron chi connectivity index (χ0n) is 14.1. The maximum atomic E-state index is 14.4. The van der Waals surface area contributed by atoms with E-state index in [0.29, 0.717) is 38.9 Å². The molecular formula is C18H22F2N2O3. The van der Waals surface area contributed by atoms with Crippen LogP contribution in [0.2, 0.25) is 0 Å². The van der Waals surface area contributed by atoms with E-state index >= 15 is 0 Å². The van der Waals surface area contributed by atoms with E-state index in [2.05, 4.69) is 10.6 Å². The molecule has 2 aliphatic rings. The topological polar surface area (TPSA) is 67.4 Å². The van der Waals surface area contributed by atoms with Gasteiger partial charge in [-0.15, -0.1) is 0 Å². The first kappa shape index (κ1) is 17.8. The Balaban J connectivity index is 1.87. The van der Waals surface area contributed by atoms with Crippen LogP contribution >= 0.6 is 0 Å². The van der Waals surface area contributed by atoms with Gasteiger partial charge in [-0.25, -0.2) is 8.78 Å². The number of hydrogen-bond acceptors (Lipinski definition) is 3. The molecule has 2 saturated heterocycles. The first-order chi connectivity index (χ1) is 11.9. The van der Waals surface area contributed by atoms with Crippen molar-refractivity contribution in [1.82, 2.24) is 10.6 Å². The van der Waals surface area contributed by atoms with E-state index in [1.807, 2.05) is 6.92 Å². The van der Waals surface area contributed by atoms with Gasteiger partial charge in [-0.1, -0.05) is 6.07 Å². The van der Waals surface area contributed by atoms with Gasteiger partial charge in [0.15, 0.2) is 0 Å². The molecule has 2 amide bonds. The van der Waals surface area contributed by atoms with E-state index in [-0.39, 0.29) is 29.5 Å². The molecule has 0 spiro atoms. The molecule has 136 valence electrons. The molecule has 0 aliphatic carbocycles. The second kappa shape index (κ2) is 7.07. The summed E-state index contributed by atoms with van der Waals surface area (Å²) in [6.07, 6.45) is 1.54.